The van der Waals surface area contributed by atoms with Gasteiger partial charge in [-0.3, -0.25) is 14.5 Å². The smallest absolute Gasteiger partial charge is 0.295 e. The van der Waals surface area contributed by atoms with Crippen LogP contribution in [0.2, 0.25) is 0 Å². The molecule has 1 fully saturated rings. The van der Waals surface area contributed by atoms with Crippen molar-refractivity contribution >= 4 is 17.5 Å². The average molecular weight is 449 g/mol. The zero-order chi connectivity index (χ0) is 23.4. The molecular formula is C27H29FN2O3. The third kappa shape index (κ3) is 5.00. The van der Waals surface area contributed by atoms with Crippen molar-refractivity contribution in [3.63, 3.8) is 0 Å². The SMILES string of the molecule is CC(C)c1ccc(C(C(=O)NC2CCCC2)N(C(=O)c2ccco2)c2ccccc2F)cc1. The number of amides is 2. The van der Waals surface area contributed by atoms with Gasteiger partial charge in [-0.1, -0.05) is 63.1 Å². The van der Waals surface area contributed by atoms with Crippen molar-refractivity contribution in [1.82, 2.24) is 5.32 Å². The second-order valence-electron chi connectivity index (χ2n) is 8.82. The highest BCUT2D eigenvalue weighted by Gasteiger charge is 2.37. The van der Waals surface area contributed by atoms with Gasteiger partial charge >= 0.3 is 0 Å². The molecule has 1 aliphatic rings. The first-order valence-electron chi connectivity index (χ1n) is 11.5. The molecule has 0 spiro atoms. The maximum atomic E-state index is 15.0. The molecule has 1 aromatic heterocycles. The molecule has 6 heteroatoms. The number of benzene rings is 2. The van der Waals surface area contributed by atoms with Crippen molar-refractivity contribution in [2.75, 3.05) is 4.90 Å². The lowest BCUT2D eigenvalue weighted by molar-refractivity contribution is -0.123. The third-order valence-electron chi connectivity index (χ3n) is 6.19. The van der Waals surface area contributed by atoms with Crippen LogP contribution in [0.15, 0.2) is 71.3 Å². The summed E-state index contributed by atoms with van der Waals surface area (Å²) < 4.78 is 20.3. The summed E-state index contributed by atoms with van der Waals surface area (Å²) in [4.78, 5) is 28.4. The molecule has 1 unspecified atom stereocenters. The maximum Gasteiger partial charge on any atom is 0.295 e. The standard InChI is InChI=1S/C27H29FN2O3/c1-18(2)19-13-15-20(16-14-19)25(26(31)29-21-8-3-4-9-21)30(23-11-6-5-10-22(23)28)27(32)24-12-7-17-33-24/h5-7,10-18,21,25H,3-4,8-9H2,1-2H3,(H,29,31). The van der Waals surface area contributed by atoms with E-state index in [4.69, 9.17) is 4.42 Å². The number of halogens is 1. The number of nitrogens with one attached hydrogen (secondary N) is 1. The van der Waals surface area contributed by atoms with E-state index in [0.717, 1.165) is 31.2 Å². The Labute approximate surface area is 193 Å². The summed E-state index contributed by atoms with van der Waals surface area (Å²) in [5.74, 6) is -1.14. The van der Waals surface area contributed by atoms with Gasteiger partial charge in [-0.25, -0.2) is 4.39 Å². The molecule has 0 radical (unpaired) electrons. The Morgan fingerprint density at radius 2 is 1.64 bits per heavy atom. The number of para-hydroxylation sites is 1. The van der Waals surface area contributed by atoms with Gasteiger partial charge in [0.1, 0.15) is 11.9 Å². The highest BCUT2D eigenvalue weighted by Crippen LogP contribution is 2.33. The zero-order valence-corrected chi connectivity index (χ0v) is 19.0. The molecule has 0 saturated heterocycles. The minimum absolute atomic E-state index is 0.0263. The molecule has 0 aliphatic heterocycles. The van der Waals surface area contributed by atoms with Gasteiger partial charge < -0.3 is 9.73 Å². The Balaban J connectivity index is 1.82. The molecule has 172 valence electrons. The van der Waals surface area contributed by atoms with Gasteiger partial charge in [0.2, 0.25) is 5.91 Å². The molecule has 1 aliphatic carbocycles. The van der Waals surface area contributed by atoms with Crippen molar-refractivity contribution in [3.05, 3.63) is 89.6 Å². The molecular weight excluding hydrogens is 419 g/mol. The normalized spacial score (nSPS) is 14.9. The molecule has 0 bridgehead atoms. The van der Waals surface area contributed by atoms with Gasteiger partial charge in [0.15, 0.2) is 5.76 Å². The van der Waals surface area contributed by atoms with Crippen molar-refractivity contribution in [1.29, 1.82) is 0 Å². The van der Waals surface area contributed by atoms with Crippen molar-refractivity contribution in [2.45, 2.75) is 57.5 Å². The summed E-state index contributed by atoms with van der Waals surface area (Å²) >= 11 is 0. The van der Waals surface area contributed by atoms with Gasteiger partial charge in [-0.15, -0.1) is 0 Å². The van der Waals surface area contributed by atoms with Crippen LogP contribution in [-0.2, 0) is 4.79 Å². The van der Waals surface area contributed by atoms with E-state index in [-0.39, 0.29) is 23.4 Å². The number of hydrogen-bond acceptors (Lipinski definition) is 3. The summed E-state index contributed by atoms with van der Waals surface area (Å²) in [6, 6.07) is 15.7. The Morgan fingerprint density at radius 3 is 2.24 bits per heavy atom. The largest absolute Gasteiger partial charge is 0.459 e. The minimum atomic E-state index is -1.05. The number of nitrogens with zero attached hydrogens (tertiary/aromatic N) is 1. The van der Waals surface area contributed by atoms with Gasteiger partial charge in [-0.05, 0) is 54.2 Å². The van der Waals surface area contributed by atoms with Gasteiger partial charge in [0, 0.05) is 6.04 Å². The average Bonchev–Trinajstić information content (AvgIpc) is 3.52. The van der Waals surface area contributed by atoms with Gasteiger partial charge in [0.25, 0.3) is 5.91 Å². The summed E-state index contributed by atoms with van der Waals surface area (Å²) in [7, 11) is 0. The predicted octanol–water partition coefficient (Wildman–Crippen LogP) is 5.99. The lowest BCUT2D eigenvalue weighted by Crippen LogP contribution is -2.46. The second kappa shape index (κ2) is 10.0. The first kappa shape index (κ1) is 22.8. The highest BCUT2D eigenvalue weighted by atomic mass is 19.1. The summed E-state index contributed by atoms with van der Waals surface area (Å²) in [6.07, 6.45) is 5.30. The molecule has 5 nitrogen and oxygen atoms in total. The lowest BCUT2D eigenvalue weighted by Gasteiger charge is -2.32. The number of carbonyl (C=O) groups is 2. The van der Waals surface area contributed by atoms with Crippen LogP contribution in [-0.4, -0.2) is 17.9 Å². The fraction of sp³-hybridized carbons (Fsp3) is 0.333. The fourth-order valence-corrected chi connectivity index (χ4v) is 4.36. The van der Waals surface area contributed by atoms with Crippen LogP contribution < -0.4 is 10.2 Å². The van der Waals surface area contributed by atoms with Crippen LogP contribution >= 0.6 is 0 Å². The third-order valence-corrected chi connectivity index (χ3v) is 6.19. The first-order chi connectivity index (χ1) is 16.0. The molecule has 1 heterocycles. The Morgan fingerprint density at radius 1 is 0.970 bits per heavy atom. The van der Waals surface area contributed by atoms with E-state index >= 15 is 0 Å². The van der Waals surface area contributed by atoms with Crippen molar-refractivity contribution in [2.24, 2.45) is 0 Å². The Bertz CT molecular complexity index is 1090. The van der Waals surface area contributed by atoms with E-state index in [1.807, 2.05) is 24.3 Å². The summed E-state index contributed by atoms with van der Waals surface area (Å²) in [5.41, 5.74) is 1.75. The second-order valence-corrected chi connectivity index (χ2v) is 8.82. The molecule has 1 saturated carbocycles. The van der Waals surface area contributed by atoms with Crippen LogP contribution in [0, 0.1) is 5.82 Å². The highest BCUT2D eigenvalue weighted by molar-refractivity contribution is 6.08. The molecule has 1 N–H and O–H groups in total. The molecule has 2 aromatic carbocycles. The molecule has 3 aromatic rings. The van der Waals surface area contributed by atoms with Crippen LogP contribution in [0.4, 0.5) is 10.1 Å². The van der Waals surface area contributed by atoms with Crippen molar-refractivity contribution in [3.8, 4) is 0 Å². The van der Waals surface area contributed by atoms with Crippen LogP contribution in [0.25, 0.3) is 0 Å². The maximum absolute atomic E-state index is 15.0. The van der Waals surface area contributed by atoms with Crippen LogP contribution in [0.3, 0.4) is 0 Å². The summed E-state index contributed by atoms with van der Waals surface area (Å²) in [5, 5.41) is 3.10. The van der Waals surface area contributed by atoms with Gasteiger partial charge in [0.05, 0.1) is 12.0 Å². The first-order valence-corrected chi connectivity index (χ1v) is 11.5. The number of carbonyl (C=O) groups excluding carboxylic acids is 2. The summed E-state index contributed by atoms with van der Waals surface area (Å²) in [6.45, 7) is 4.18. The van der Waals surface area contributed by atoms with E-state index in [0.29, 0.717) is 11.5 Å². The number of rotatable bonds is 7. The van der Waals surface area contributed by atoms with E-state index in [1.165, 1.54) is 29.4 Å². The molecule has 33 heavy (non-hydrogen) atoms. The molecule has 1 atom stereocenters. The fourth-order valence-electron chi connectivity index (χ4n) is 4.36. The monoisotopic (exact) mass is 448 g/mol. The molecule has 2 amide bonds. The lowest BCUT2D eigenvalue weighted by atomic mass is 9.97. The minimum Gasteiger partial charge on any atom is -0.459 e. The zero-order valence-electron chi connectivity index (χ0n) is 19.0. The van der Waals surface area contributed by atoms with Crippen LogP contribution in [0.1, 0.15) is 73.2 Å². The molecule has 4 rings (SSSR count). The van der Waals surface area contributed by atoms with E-state index in [2.05, 4.69) is 19.2 Å². The predicted molar refractivity (Wildman–Crippen MR) is 126 cm³/mol. The quantitative estimate of drug-likeness (QED) is 0.483. The topological polar surface area (TPSA) is 62.6 Å². The van der Waals surface area contributed by atoms with E-state index < -0.39 is 17.8 Å². The number of furan rings is 1. The van der Waals surface area contributed by atoms with Crippen molar-refractivity contribution < 1.29 is 18.4 Å². The Hall–Kier alpha value is -3.41. The number of hydrogen-bond donors (Lipinski definition) is 1. The Kier molecular flexibility index (Phi) is 6.92. The number of anilines is 1. The van der Waals surface area contributed by atoms with Crippen LogP contribution in [0.5, 0.6) is 0 Å². The van der Waals surface area contributed by atoms with E-state index in [1.54, 1.807) is 18.2 Å². The van der Waals surface area contributed by atoms with Gasteiger partial charge in [-0.2, -0.15) is 0 Å². The van der Waals surface area contributed by atoms with E-state index in [9.17, 15) is 14.0 Å².